The van der Waals surface area contributed by atoms with Crippen molar-refractivity contribution in [3.63, 3.8) is 0 Å². The van der Waals surface area contributed by atoms with Gasteiger partial charge in [0.05, 0.1) is 17.9 Å². The Morgan fingerprint density at radius 2 is 2.11 bits per heavy atom. The lowest BCUT2D eigenvalue weighted by molar-refractivity contribution is -0.172. The van der Waals surface area contributed by atoms with Gasteiger partial charge in [0.1, 0.15) is 12.7 Å². The molecular formula is C11H12F3N3O. The highest BCUT2D eigenvalue weighted by atomic mass is 19.4. The van der Waals surface area contributed by atoms with Gasteiger partial charge < -0.3 is 15.8 Å². The first-order chi connectivity index (χ1) is 8.42. The molecule has 0 radical (unpaired) electrons. The molecule has 3 N–H and O–H groups in total. The summed E-state index contributed by atoms with van der Waals surface area (Å²) >= 11 is 0. The van der Waals surface area contributed by atoms with Crippen LogP contribution >= 0.6 is 0 Å². The van der Waals surface area contributed by atoms with Crippen molar-refractivity contribution in [3.8, 4) is 6.07 Å². The Morgan fingerprint density at radius 1 is 1.39 bits per heavy atom. The number of nitrogens with zero attached hydrogens (tertiary/aromatic N) is 1. The molecule has 0 atom stereocenters. The van der Waals surface area contributed by atoms with E-state index in [1.165, 1.54) is 6.07 Å². The van der Waals surface area contributed by atoms with Crippen LogP contribution in [0.5, 0.6) is 0 Å². The summed E-state index contributed by atoms with van der Waals surface area (Å²) in [6.07, 6.45) is -4.32. The van der Waals surface area contributed by atoms with Gasteiger partial charge in [-0.05, 0) is 18.2 Å². The number of nitriles is 1. The molecule has 0 aliphatic rings. The van der Waals surface area contributed by atoms with E-state index in [0.29, 0.717) is 16.9 Å². The van der Waals surface area contributed by atoms with Crippen LogP contribution in [0.25, 0.3) is 0 Å². The molecule has 0 aliphatic heterocycles. The van der Waals surface area contributed by atoms with Gasteiger partial charge in [-0.25, -0.2) is 0 Å². The van der Waals surface area contributed by atoms with E-state index in [1.54, 1.807) is 12.1 Å². The van der Waals surface area contributed by atoms with Crippen LogP contribution in [0.1, 0.15) is 5.56 Å². The number of nitrogen functional groups attached to an aromatic ring is 1. The molecule has 18 heavy (non-hydrogen) atoms. The SMILES string of the molecule is N#Cc1cc(N)ccc1NCCOCC(F)(F)F. The third-order valence-corrected chi connectivity index (χ3v) is 1.99. The molecule has 0 unspecified atom stereocenters. The van der Waals surface area contributed by atoms with Crippen molar-refractivity contribution in [2.24, 2.45) is 0 Å². The number of alkyl halides is 3. The summed E-state index contributed by atoms with van der Waals surface area (Å²) in [6, 6.07) is 6.62. The number of benzene rings is 1. The molecule has 1 aromatic rings. The first-order valence-corrected chi connectivity index (χ1v) is 5.10. The van der Waals surface area contributed by atoms with Crippen molar-refractivity contribution in [3.05, 3.63) is 23.8 Å². The molecule has 1 rings (SSSR count). The molecule has 0 saturated carbocycles. The summed E-state index contributed by atoms with van der Waals surface area (Å²) < 4.78 is 39.7. The molecule has 7 heteroatoms. The van der Waals surface area contributed by atoms with Crippen molar-refractivity contribution in [1.82, 2.24) is 0 Å². The molecule has 4 nitrogen and oxygen atoms in total. The fourth-order valence-corrected chi connectivity index (χ4v) is 1.25. The van der Waals surface area contributed by atoms with Gasteiger partial charge in [-0.1, -0.05) is 0 Å². The van der Waals surface area contributed by atoms with E-state index in [9.17, 15) is 13.2 Å². The molecule has 0 fully saturated rings. The topological polar surface area (TPSA) is 71.1 Å². The molecule has 0 aliphatic carbocycles. The Labute approximate surface area is 102 Å². The number of hydrogen-bond acceptors (Lipinski definition) is 4. The zero-order chi connectivity index (χ0) is 13.6. The van der Waals surface area contributed by atoms with Crippen LogP contribution in [-0.4, -0.2) is 25.9 Å². The minimum Gasteiger partial charge on any atom is -0.399 e. The number of halogens is 3. The number of anilines is 2. The highest BCUT2D eigenvalue weighted by Gasteiger charge is 2.27. The third kappa shape index (κ3) is 4.93. The van der Waals surface area contributed by atoms with E-state index >= 15 is 0 Å². The Kier molecular flexibility index (Phi) is 4.80. The Morgan fingerprint density at radius 3 is 2.72 bits per heavy atom. The van der Waals surface area contributed by atoms with E-state index < -0.39 is 12.8 Å². The number of rotatable bonds is 5. The third-order valence-electron chi connectivity index (χ3n) is 1.99. The standard InChI is InChI=1S/C11H12F3N3O/c12-11(13,14)7-18-4-3-17-10-2-1-9(16)5-8(10)6-15/h1-2,5,17H,3-4,7,16H2. The predicted octanol–water partition coefficient (Wildman–Crippen LogP) is 2.13. The first kappa shape index (κ1) is 14.1. The second kappa shape index (κ2) is 6.12. The van der Waals surface area contributed by atoms with Gasteiger partial charge in [-0.15, -0.1) is 0 Å². The smallest absolute Gasteiger partial charge is 0.399 e. The molecule has 0 bridgehead atoms. The van der Waals surface area contributed by atoms with Gasteiger partial charge >= 0.3 is 6.18 Å². The summed E-state index contributed by atoms with van der Waals surface area (Å²) in [4.78, 5) is 0. The number of nitrogens with one attached hydrogen (secondary N) is 1. The number of ether oxygens (including phenoxy) is 1. The summed E-state index contributed by atoms with van der Waals surface area (Å²) in [5.41, 5.74) is 6.80. The molecule has 0 spiro atoms. The van der Waals surface area contributed by atoms with Crippen LogP contribution in [0, 0.1) is 11.3 Å². The fraction of sp³-hybridized carbons (Fsp3) is 0.364. The Balaban J connectivity index is 2.38. The van der Waals surface area contributed by atoms with E-state index in [0.717, 1.165) is 0 Å². The van der Waals surface area contributed by atoms with Gasteiger partial charge in [-0.2, -0.15) is 18.4 Å². The highest BCUT2D eigenvalue weighted by molar-refractivity contribution is 5.62. The normalized spacial score (nSPS) is 11.0. The minimum absolute atomic E-state index is 0.102. The Hall–Kier alpha value is -1.94. The molecule has 0 saturated heterocycles. The van der Waals surface area contributed by atoms with Crippen molar-refractivity contribution in [2.75, 3.05) is 30.8 Å². The quantitative estimate of drug-likeness (QED) is 0.627. The van der Waals surface area contributed by atoms with Crippen molar-refractivity contribution in [2.45, 2.75) is 6.18 Å². The maximum absolute atomic E-state index is 11.8. The van der Waals surface area contributed by atoms with Crippen LogP contribution in [0.4, 0.5) is 24.5 Å². The van der Waals surface area contributed by atoms with Gasteiger partial charge in [0.25, 0.3) is 0 Å². The molecule has 0 aromatic heterocycles. The summed E-state index contributed by atoms with van der Waals surface area (Å²) in [7, 11) is 0. The van der Waals surface area contributed by atoms with Gasteiger partial charge in [0, 0.05) is 12.2 Å². The van der Waals surface area contributed by atoms with Crippen molar-refractivity contribution >= 4 is 11.4 Å². The zero-order valence-corrected chi connectivity index (χ0v) is 9.42. The van der Waals surface area contributed by atoms with Crippen molar-refractivity contribution in [1.29, 1.82) is 5.26 Å². The lowest BCUT2D eigenvalue weighted by Crippen LogP contribution is -2.20. The van der Waals surface area contributed by atoms with Gasteiger partial charge in [0.15, 0.2) is 0 Å². The van der Waals surface area contributed by atoms with E-state index in [2.05, 4.69) is 10.1 Å². The van der Waals surface area contributed by atoms with Gasteiger partial charge in [-0.3, -0.25) is 0 Å². The second-order valence-electron chi connectivity index (χ2n) is 3.51. The second-order valence-corrected chi connectivity index (χ2v) is 3.51. The molecule has 0 amide bonds. The predicted molar refractivity (Wildman–Crippen MR) is 60.9 cm³/mol. The molecule has 0 heterocycles. The van der Waals surface area contributed by atoms with Crippen LogP contribution < -0.4 is 11.1 Å². The van der Waals surface area contributed by atoms with E-state index in [1.807, 2.05) is 6.07 Å². The summed E-state index contributed by atoms with van der Waals surface area (Å²) in [5, 5.41) is 11.6. The van der Waals surface area contributed by atoms with Crippen LogP contribution in [0.15, 0.2) is 18.2 Å². The van der Waals surface area contributed by atoms with Gasteiger partial charge in [0.2, 0.25) is 0 Å². The number of nitrogens with two attached hydrogens (primary N) is 1. The number of hydrogen-bond donors (Lipinski definition) is 2. The average Bonchev–Trinajstić information content (AvgIpc) is 2.28. The van der Waals surface area contributed by atoms with Crippen LogP contribution in [0.2, 0.25) is 0 Å². The van der Waals surface area contributed by atoms with Crippen LogP contribution in [-0.2, 0) is 4.74 Å². The maximum Gasteiger partial charge on any atom is 0.411 e. The zero-order valence-electron chi connectivity index (χ0n) is 9.42. The summed E-state index contributed by atoms with van der Waals surface area (Å²) in [5.74, 6) is 0. The summed E-state index contributed by atoms with van der Waals surface area (Å²) in [6.45, 7) is -1.20. The lowest BCUT2D eigenvalue weighted by Gasteiger charge is -2.10. The maximum atomic E-state index is 11.8. The highest BCUT2D eigenvalue weighted by Crippen LogP contribution is 2.18. The fourth-order valence-electron chi connectivity index (χ4n) is 1.25. The monoisotopic (exact) mass is 259 g/mol. The van der Waals surface area contributed by atoms with E-state index in [-0.39, 0.29) is 13.2 Å². The Bertz CT molecular complexity index is 440. The minimum atomic E-state index is -4.32. The molecule has 1 aromatic carbocycles. The van der Waals surface area contributed by atoms with Crippen molar-refractivity contribution < 1.29 is 17.9 Å². The molecular weight excluding hydrogens is 247 g/mol. The average molecular weight is 259 g/mol. The van der Waals surface area contributed by atoms with E-state index in [4.69, 9.17) is 11.0 Å². The largest absolute Gasteiger partial charge is 0.411 e. The molecule has 98 valence electrons. The first-order valence-electron chi connectivity index (χ1n) is 5.10. The van der Waals surface area contributed by atoms with Crippen LogP contribution in [0.3, 0.4) is 0 Å². The lowest BCUT2D eigenvalue weighted by atomic mass is 10.2.